The molecule has 1 atom stereocenters. The van der Waals surface area contributed by atoms with Crippen molar-refractivity contribution in [3.05, 3.63) is 83.8 Å². The molecular weight excluding hydrogens is 476 g/mol. The molecule has 1 aliphatic rings. The standard InChI is InChI=1S/C24H28N2O6S2/c1-19-6-8-20(9-7-19)17-26(18-22-5-3-15-32-22)34(29,30)24-12-10-23(11-13-24)33(27,28)25-16-21-4-2-14-31-21/h3,5-13,15,21,25H,2,4,14,16-18H2,1H3/t21-/m1/s1. The molecule has 1 aromatic heterocycles. The Morgan fingerprint density at radius 3 is 2.26 bits per heavy atom. The molecule has 1 aliphatic heterocycles. The van der Waals surface area contributed by atoms with Crippen molar-refractivity contribution in [2.75, 3.05) is 13.2 Å². The fraction of sp³-hybridized carbons (Fsp3) is 0.333. The van der Waals surface area contributed by atoms with Crippen molar-refractivity contribution < 1.29 is 26.0 Å². The lowest BCUT2D eigenvalue weighted by Crippen LogP contribution is -2.32. The van der Waals surface area contributed by atoms with Crippen LogP contribution in [0.4, 0.5) is 0 Å². The summed E-state index contributed by atoms with van der Waals surface area (Å²) >= 11 is 0. The monoisotopic (exact) mass is 504 g/mol. The van der Waals surface area contributed by atoms with Gasteiger partial charge < -0.3 is 9.15 Å². The second-order valence-corrected chi connectivity index (χ2v) is 12.0. The first-order valence-electron chi connectivity index (χ1n) is 11.0. The summed E-state index contributed by atoms with van der Waals surface area (Å²) in [6.07, 6.45) is 3.09. The van der Waals surface area contributed by atoms with Crippen LogP contribution >= 0.6 is 0 Å². The van der Waals surface area contributed by atoms with Crippen LogP contribution in [-0.4, -0.2) is 40.4 Å². The van der Waals surface area contributed by atoms with Gasteiger partial charge in [-0.2, -0.15) is 4.31 Å². The maximum atomic E-state index is 13.5. The topological polar surface area (TPSA) is 106 Å². The zero-order chi connectivity index (χ0) is 24.2. The van der Waals surface area contributed by atoms with Crippen molar-refractivity contribution in [1.82, 2.24) is 9.03 Å². The van der Waals surface area contributed by atoms with Crippen LogP contribution in [-0.2, 0) is 37.9 Å². The van der Waals surface area contributed by atoms with E-state index in [1.165, 1.54) is 34.8 Å². The molecule has 3 aromatic rings. The Balaban J connectivity index is 1.54. The SMILES string of the molecule is Cc1ccc(CN(Cc2ccco2)S(=O)(=O)c2ccc(S(=O)(=O)NC[C@H]3CCCO3)cc2)cc1. The number of sulfonamides is 2. The number of aryl methyl sites for hydroxylation is 1. The van der Waals surface area contributed by atoms with Crippen LogP contribution in [0.3, 0.4) is 0 Å². The molecule has 0 aliphatic carbocycles. The Morgan fingerprint density at radius 1 is 0.941 bits per heavy atom. The van der Waals surface area contributed by atoms with Gasteiger partial charge in [-0.3, -0.25) is 0 Å². The van der Waals surface area contributed by atoms with Gasteiger partial charge in [0.05, 0.1) is 28.7 Å². The van der Waals surface area contributed by atoms with Crippen LogP contribution in [0.15, 0.2) is 81.1 Å². The van der Waals surface area contributed by atoms with E-state index >= 15 is 0 Å². The van der Waals surface area contributed by atoms with Gasteiger partial charge in [-0.05, 0) is 61.7 Å². The molecule has 0 bridgehead atoms. The number of nitrogens with one attached hydrogen (secondary N) is 1. The second-order valence-electron chi connectivity index (χ2n) is 8.30. The highest BCUT2D eigenvalue weighted by Crippen LogP contribution is 2.23. The van der Waals surface area contributed by atoms with Crippen molar-refractivity contribution in [2.45, 2.75) is 48.7 Å². The molecule has 0 saturated carbocycles. The molecular formula is C24H28N2O6S2. The van der Waals surface area contributed by atoms with Gasteiger partial charge in [0.2, 0.25) is 20.0 Å². The van der Waals surface area contributed by atoms with E-state index < -0.39 is 20.0 Å². The second kappa shape index (κ2) is 10.4. The Bertz CT molecular complexity index is 1280. The third-order valence-corrected chi connectivity index (χ3v) is 8.93. The smallest absolute Gasteiger partial charge is 0.243 e. The lowest BCUT2D eigenvalue weighted by Gasteiger charge is -2.22. The van der Waals surface area contributed by atoms with Crippen LogP contribution in [0.1, 0.15) is 29.7 Å². The van der Waals surface area contributed by atoms with E-state index in [0.29, 0.717) is 12.4 Å². The molecule has 34 heavy (non-hydrogen) atoms. The van der Waals surface area contributed by atoms with Crippen molar-refractivity contribution >= 4 is 20.0 Å². The lowest BCUT2D eigenvalue weighted by molar-refractivity contribution is 0.114. The molecule has 182 valence electrons. The lowest BCUT2D eigenvalue weighted by atomic mass is 10.1. The first-order chi connectivity index (χ1) is 16.2. The van der Waals surface area contributed by atoms with E-state index in [4.69, 9.17) is 9.15 Å². The molecule has 1 fully saturated rings. The highest BCUT2D eigenvalue weighted by Gasteiger charge is 2.27. The van der Waals surface area contributed by atoms with E-state index in [1.54, 1.807) is 12.1 Å². The van der Waals surface area contributed by atoms with E-state index in [9.17, 15) is 16.8 Å². The van der Waals surface area contributed by atoms with Gasteiger partial charge in [0.15, 0.2) is 0 Å². The number of furan rings is 1. The maximum Gasteiger partial charge on any atom is 0.243 e. The zero-order valence-corrected chi connectivity index (χ0v) is 20.5. The Hall–Kier alpha value is -2.50. The van der Waals surface area contributed by atoms with Gasteiger partial charge in [-0.1, -0.05) is 29.8 Å². The Morgan fingerprint density at radius 2 is 1.65 bits per heavy atom. The van der Waals surface area contributed by atoms with Crippen LogP contribution in [0.5, 0.6) is 0 Å². The minimum Gasteiger partial charge on any atom is -0.468 e. The maximum absolute atomic E-state index is 13.5. The van der Waals surface area contributed by atoms with E-state index in [1.807, 2.05) is 31.2 Å². The first-order valence-corrected chi connectivity index (χ1v) is 14.0. The van der Waals surface area contributed by atoms with Crippen LogP contribution in [0.25, 0.3) is 0 Å². The molecule has 1 N–H and O–H groups in total. The molecule has 8 nitrogen and oxygen atoms in total. The molecule has 1 saturated heterocycles. The quantitative estimate of drug-likeness (QED) is 0.453. The highest BCUT2D eigenvalue weighted by atomic mass is 32.2. The summed E-state index contributed by atoms with van der Waals surface area (Å²) in [6, 6.07) is 16.3. The van der Waals surface area contributed by atoms with Crippen molar-refractivity contribution in [3.63, 3.8) is 0 Å². The van der Waals surface area contributed by atoms with Crippen molar-refractivity contribution in [1.29, 1.82) is 0 Å². The van der Waals surface area contributed by atoms with Crippen molar-refractivity contribution in [3.8, 4) is 0 Å². The molecule has 0 spiro atoms. The van der Waals surface area contributed by atoms with Gasteiger partial charge >= 0.3 is 0 Å². The average Bonchev–Trinajstić information content (AvgIpc) is 3.53. The van der Waals surface area contributed by atoms with Gasteiger partial charge in [0.25, 0.3) is 0 Å². The van der Waals surface area contributed by atoms with E-state index in [0.717, 1.165) is 24.0 Å². The van der Waals surface area contributed by atoms with Crippen LogP contribution < -0.4 is 4.72 Å². The average molecular weight is 505 g/mol. The molecule has 0 radical (unpaired) electrons. The third kappa shape index (κ3) is 5.94. The Kier molecular flexibility index (Phi) is 7.54. The molecule has 4 rings (SSSR count). The van der Waals surface area contributed by atoms with Crippen molar-refractivity contribution in [2.24, 2.45) is 0 Å². The van der Waals surface area contributed by atoms with Gasteiger partial charge in [0.1, 0.15) is 5.76 Å². The number of benzene rings is 2. The summed E-state index contributed by atoms with van der Waals surface area (Å²) in [5.74, 6) is 0.508. The van der Waals surface area contributed by atoms with E-state index in [-0.39, 0.29) is 35.5 Å². The van der Waals surface area contributed by atoms with Gasteiger partial charge in [-0.25, -0.2) is 21.6 Å². The minimum atomic E-state index is -3.93. The number of hydrogen-bond donors (Lipinski definition) is 1. The fourth-order valence-corrected chi connectivity index (χ4v) is 6.19. The third-order valence-electron chi connectivity index (χ3n) is 5.69. The Labute approximate surface area is 200 Å². The predicted molar refractivity (Wildman–Crippen MR) is 127 cm³/mol. The largest absolute Gasteiger partial charge is 0.468 e. The fourth-order valence-electron chi connectivity index (χ4n) is 3.73. The first kappa shape index (κ1) is 24.6. The minimum absolute atomic E-state index is 0.000524. The van der Waals surface area contributed by atoms with Gasteiger partial charge in [-0.15, -0.1) is 0 Å². The predicted octanol–water partition coefficient (Wildman–Crippen LogP) is 3.44. The zero-order valence-electron chi connectivity index (χ0n) is 18.9. The number of hydrogen-bond acceptors (Lipinski definition) is 6. The van der Waals surface area contributed by atoms with Crippen LogP contribution in [0.2, 0.25) is 0 Å². The summed E-state index contributed by atoms with van der Waals surface area (Å²) in [7, 11) is -7.71. The molecule has 2 aromatic carbocycles. The number of rotatable bonds is 10. The highest BCUT2D eigenvalue weighted by molar-refractivity contribution is 7.89. The molecule has 0 unspecified atom stereocenters. The summed E-state index contributed by atoms with van der Waals surface area (Å²) in [6.45, 7) is 2.98. The normalized spacial score (nSPS) is 16.8. The molecule has 10 heteroatoms. The van der Waals surface area contributed by atoms with E-state index in [2.05, 4.69) is 4.72 Å². The molecule has 2 heterocycles. The summed E-state index contributed by atoms with van der Waals surface area (Å²) in [4.78, 5) is 0.00445. The van der Waals surface area contributed by atoms with Gasteiger partial charge in [0, 0.05) is 19.7 Å². The number of nitrogens with zero attached hydrogens (tertiary/aromatic N) is 1. The summed E-state index contributed by atoms with van der Waals surface area (Å²) < 4.78 is 66.9. The summed E-state index contributed by atoms with van der Waals surface area (Å²) in [5.41, 5.74) is 1.91. The number of ether oxygens (including phenoxy) is 1. The van der Waals surface area contributed by atoms with Crippen LogP contribution in [0, 0.1) is 6.92 Å². The molecule has 0 amide bonds. The summed E-state index contributed by atoms with van der Waals surface area (Å²) in [5, 5.41) is 0.